The van der Waals surface area contributed by atoms with Gasteiger partial charge in [-0.25, -0.2) is 0 Å². The van der Waals surface area contributed by atoms with Crippen LogP contribution in [0.3, 0.4) is 0 Å². The molecule has 0 saturated carbocycles. The standard InChI is InChI=1S/C14H23NO2/c1-3-15(4-2)9-8-14(17)11-12-6-5-7-13(16)10-12/h5-7,10,14,16-17H,3-4,8-9,11H2,1-2H3. The van der Waals surface area contributed by atoms with Gasteiger partial charge in [0.1, 0.15) is 5.75 Å². The van der Waals surface area contributed by atoms with E-state index >= 15 is 0 Å². The third-order valence-corrected chi connectivity index (χ3v) is 3.05. The normalized spacial score (nSPS) is 12.9. The summed E-state index contributed by atoms with van der Waals surface area (Å²) in [5.74, 6) is 0.262. The van der Waals surface area contributed by atoms with Crippen LogP contribution < -0.4 is 0 Å². The molecule has 0 aliphatic heterocycles. The van der Waals surface area contributed by atoms with E-state index in [9.17, 15) is 10.2 Å². The molecule has 0 fully saturated rings. The van der Waals surface area contributed by atoms with E-state index in [4.69, 9.17) is 0 Å². The monoisotopic (exact) mass is 237 g/mol. The molecule has 1 aromatic carbocycles. The maximum Gasteiger partial charge on any atom is 0.115 e. The second-order valence-corrected chi connectivity index (χ2v) is 4.34. The number of aliphatic hydroxyl groups is 1. The van der Waals surface area contributed by atoms with Crippen LogP contribution in [-0.4, -0.2) is 40.9 Å². The van der Waals surface area contributed by atoms with Gasteiger partial charge in [0.05, 0.1) is 6.10 Å². The zero-order valence-corrected chi connectivity index (χ0v) is 10.8. The summed E-state index contributed by atoms with van der Waals surface area (Å²) in [6, 6.07) is 7.09. The SMILES string of the molecule is CCN(CC)CCC(O)Cc1cccc(O)c1. The van der Waals surface area contributed by atoms with Crippen molar-refractivity contribution in [1.29, 1.82) is 0 Å². The Morgan fingerprint density at radius 2 is 1.94 bits per heavy atom. The van der Waals surface area contributed by atoms with Crippen LogP contribution in [0.1, 0.15) is 25.8 Å². The summed E-state index contributed by atoms with van der Waals surface area (Å²) in [6.45, 7) is 7.23. The van der Waals surface area contributed by atoms with Crippen LogP contribution in [0.15, 0.2) is 24.3 Å². The van der Waals surface area contributed by atoms with Gasteiger partial charge in [-0.15, -0.1) is 0 Å². The Kier molecular flexibility index (Phi) is 6.01. The number of hydrogen-bond acceptors (Lipinski definition) is 3. The van der Waals surface area contributed by atoms with Gasteiger partial charge in [0.25, 0.3) is 0 Å². The number of nitrogens with zero attached hydrogens (tertiary/aromatic N) is 1. The Bertz CT molecular complexity index is 324. The molecular weight excluding hydrogens is 214 g/mol. The zero-order valence-electron chi connectivity index (χ0n) is 10.8. The molecule has 3 nitrogen and oxygen atoms in total. The van der Waals surface area contributed by atoms with Gasteiger partial charge in [0, 0.05) is 6.54 Å². The van der Waals surface area contributed by atoms with Crippen molar-refractivity contribution in [2.24, 2.45) is 0 Å². The summed E-state index contributed by atoms with van der Waals surface area (Å²) in [5, 5.41) is 19.3. The van der Waals surface area contributed by atoms with Crippen LogP contribution in [0.25, 0.3) is 0 Å². The van der Waals surface area contributed by atoms with Gasteiger partial charge in [0.15, 0.2) is 0 Å². The van der Waals surface area contributed by atoms with E-state index in [0.29, 0.717) is 6.42 Å². The maximum atomic E-state index is 9.93. The van der Waals surface area contributed by atoms with Crippen molar-refractivity contribution in [1.82, 2.24) is 4.90 Å². The van der Waals surface area contributed by atoms with E-state index in [0.717, 1.165) is 31.6 Å². The molecule has 0 spiro atoms. The Balaban J connectivity index is 2.36. The molecule has 0 amide bonds. The summed E-state index contributed by atoms with van der Waals surface area (Å²) in [6.07, 6.45) is 1.05. The molecule has 17 heavy (non-hydrogen) atoms. The molecule has 96 valence electrons. The van der Waals surface area contributed by atoms with E-state index in [1.807, 2.05) is 12.1 Å². The van der Waals surface area contributed by atoms with E-state index in [1.54, 1.807) is 12.1 Å². The van der Waals surface area contributed by atoms with Crippen molar-refractivity contribution < 1.29 is 10.2 Å². The number of aliphatic hydroxyl groups excluding tert-OH is 1. The van der Waals surface area contributed by atoms with Crippen molar-refractivity contribution >= 4 is 0 Å². The first-order valence-corrected chi connectivity index (χ1v) is 6.34. The quantitative estimate of drug-likeness (QED) is 0.762. The highest BCUT2D eigenvalue weighted by Gasteiger charge is 2.08. The third-order valence-electron chi connectivity index (χ3n) is 3.05. The van der Waals surface area contributed by atoms with Crippen molar-refractivity contribution in [3.8, 4) is 5.75 Å². The van der Waals surface area contributed by atoms with E-state index in [2.05, 4.69) is 18.7 Å². The molecule has 1 unspecified atom stereocenters. The molecule has 2 N–H and O–H groups in total. The summed E-state index contributed by atoms with van der Waals surface area (Å²) in [5.41, 5.74) is 0.983. The van der Waals surface area contributed by atoms with Crippen molar-refractivity contribution in [3.05, 3.63) is 29.8 Å². The second kappa shape index (κ2) is 7.30. The Morgan fingerprint density at radius 3 is 2.53 bits per heavy atom. The fourth-order valence-corrected chi connectivity index (χ4v) is 1.93. The lowest BCUT2D eigenvalue weighted by Gasteiger charge is -2.20. The van der Waals surface area contributed by atoms with E-state index in [1.165, 1.54) is 0 Å². The van der Waals surface area contributed by atoms with Crippen molar-refractivity contribution in [3.63, 3.8) is 0 Å². The lowest BCUT2D eigenvalue weighted by atomic mass is 10.1. The van der Waals surface area contributed by atoms with E-state index < -0.39 is 0 Å². The first kappa shape index (κ1) is 14.0. The van der Waals surface area contributed by atoms with Crippen LogP contribution >= 0.6 is 0 Å². The van der Waals surface area contributed by atoms with Crippen molar-refractivity contribution in [2.45, 2.75) is 32.8 Å². The maximum absolute atomic E-state index is 9.93. The first-order chi connectivity index (χ1) is 8.15. The summed E-state index contributed by atoms with van der Waals surface area (Å²) in [4.78, 5) is 2.30. The van der Waals surface area contributed by atoms with Gasteiger partial charge >= 0.3 is 0 Å². The van der Waals surface area contributed by atoms with Gasteiger partial charge in [-0.1, -0.05) is 26.0 Å². The molecule has 0 bridgehead atoms. The Morgan fingerprint density at radius 1 is 1.24 bits per heavy atom. The van der Waals surface area contributed by atoms with E-state index in [-0.39, 0.29) is 11.9 Å². The van der Waals surface area contributed by atoms with Gasteiger partial charge in [0.2, 0.25) is 0 Å². The lowest BCUT2D eigenvalue weighted by molar-refractivity contribution is 0.143. The molecule has 0 aromatic heterocycles. The average molecular weight is 237 g/mol. The predicted molar refractivity (Wildman–Crippen MR) is 70.2 cm³/mol. The molecule has 0 aliphatic rings. The van der Waals surface area contributed by atoms with Crippen LogP contribution in [0.5, 0.6) is 5.75 Å². The summed E-state index contributed by atoms with van der Waals surface area (Å²) >= 11 is 0. The molecule has 0 radical (unpaired) electrons. The number of rotatable bonds is 7. The van der Waals surface area contributed by atoms with Crippen LogP contribution in [-0.2, 0) is 6.42 Å². The van der Waals surface area contributed by atoms with Gasteiger partial charge in [-0.3, -0.25) is 0 Å². The molecule has 1 aromatic rings. The largest absolute Gasteiger partial charge is 0.508 e. The molecule has 3 heteroatoms. The predicted octanol–water partition coefficient (Wildman–Crippen LogP) is 2.03. The van der Waals surface area contributed by atoms with Crippen molar-refractivity contribution in [2.75, 3.05) is 19.6 Å². The first-order valence-electron chi connectivity index (χ1n) is 6.34. The number of aromatic hydroxyl groups is 1. The Labute approximate surface area is 104 Å². The third kappa shape index (κ3) is 5.20. The molecule has 0 heterocycles. The molecular formula is C14H23NO2. The van der Waals surface area contributed by atoms with Crippen LogP contribution in [0.4, 0.5) is 0 Å². The number of phenols is 1. The van der Waals surface area contributed by atoms with Crippen LogP contribution in [0.2, 0.25) is 0 Å². The van der Waals surface area contributed by atoms with Gasteiger partial charge in [-0.05, 0) is 43.6 Å². The number of phenolic OH excluding ortho intramolecular Hbond substituents is 1. The number of hydrogen-bond donors (Lipinski definition) is 2. The summed E-state index contributed by atoms with van der Waals surface area (Å²) in [7, 11) is 0. The van der Waals surface area contributed by atoms with Gasteiger partial charge in [-0.2, -0.15) is 0 Å². The molecule has 0 aliphatic carbocycles. The fourth-order valence-electron chi connectivity index (χ4n) is 1.93. The zero-order chi connectivity index (χ0) is 12.7. The van der Waals surface area contributed by atoms with Gasteiger partial charge < -0.3 is 15.1 Å². The topological polar surface area (TPSA) is 43.7 Å². The number of benzene rings is 1. The van der Waals surface area contributed by atoms with Crippen LogP contribution in [0, 0.1) is 0 Å². The average Bonchev–Trinajstić information content (AvgIpc) is 2.30. The minimum atomic E-state index is -0.336. The minimum Gasteiger partial charge on any atom is -0.508 e. The second-order valence-electron chi connectivity index (χ2n) is 4.34. The smallest absolute Gasteiger partial charge is 0.115 e. The highest BCUT2D eigenvalue weighted by molar-refractivity contribution is 5.27. The minimum absolute atomic E-state index is 0.262. The lowest BCUT2D eigenvalue weighted by Crippen LogP contribution is -2.27. The molecule has 0 saturated heterocycles. The Hall–Kier alpha value is -1.06. The molecule has 1 atom stereocenters. The molecule has 1 rings (SSSR count). The highest BCUT2D eigenvalue weighted by atomic mass is 16.3. The highest BCUT2D eigenvalue weighted by Crippen LogP contribution is 2.13. The summed E-state index contributed by atoms with van der Waals surface area (Å²) < 4.78 is 0. The fraction of sp³-hybridized carbons (Fsp3) is 0.571.